The second kappa shape index (κ2) is 8.75. The number of hydrogen-bond acceptors (Lipinski definition) is 9. The maximum absolute atomic E-state index is 9.28. The highest BCUT2D eigenvalue weighted by molar-refractivity contribution is 7.15. The number of piperidine rings is 1. The van der Waals surface area contributed by atoms with Gasteiger partial charge in [0.1, 0.15) is 11.9 Å². The molecule has 3 aromatic heterocycles. The number of nitriles is 1. The summed E-state index contributed by atoms with van der Waals surface area (Å²) in [5, 5.41) is 23.0. The highest BCUT2D eigenvalue weighted by Crippen LogP contribution is 2.38. The summed E-state index contributed by atoms with van der Waals surface area (Å²) >= 11 is 1.39. The Kier molecular flexibility index (Phi) is 5.68. The molecule has 0 spiro atoms. The van der Waals surface area contributed by atoms with Crippen LogP contribution in [0.5, 0.6) is 5.88 Å². The van der Waals surface area contributed by atoms with Crippen LogP contribution in [0.25, 0.3) is 10.9 Å². The normalized spacial score (nSPS) is 23.0. The van der Waals surface area contributed by atoms with E-state index in [1.165, 1.54) is 24.2 Å². The van der Waals surface area contributed by atoms with Gasteiger partial charge in [-0.15, -0.1) is 0 Å². The third kappa shape index (κ3) is 4.19. The van der Waals surface area contributed by atoms with Crippen molar-refractivity contribution in [1.29, 1.82) is 5.26 Å². The van der Waals surface area contributed by atoms with Crippen LogP contribution < -0.4 is 10.1 Å². The van der Waals surface area contributed by atoms with Crippen LogP contribution in [0.3, 0.4) is 0 Å². The van der Waals surface area contributed by atoms with E-state index < -0.39 is 0 Å². The fourth-order valence-electron chi connectivity index (χ4n) is 4.77. The van der Waals surface area contributed by atoms with E-state index in [0.717, 1.165) is 35.2 Å². The first-order chi connectivity index (χ1) is 15.2. The number of pyridine rings is 2. The lowest BCUT2D eigenvalue weighted by atomic mass is 9.99. The van der Waals surface area contributed by atoms with Crippen LogP contribution in [0.2, 0.25) is 0 Å². The minimum absolute atomic E-state index is 0.0319. The predicted molar refractivity (Wildman–Crippen MR) is 118 cm³/mol. The molecule has 0 saturated carbocycles. The first kappa shape index (κ1) is 20.1. The number of nitrogens with zero attached hydrogens (tertiary/aromatic N) is 5. The molecule has 0 aromatic carbocycles. The van der Waals surface area contributed by atoms with Gasteiger partial charge in [-0.2, -0.15) is 10.2 Å². The average molecular weight is 437 g/mol. The summed E-state index contributed by atoms with van der Waals surface area (Å²) in [5.74, 6) is 1.20. The van der Waals surface area contributed by atoms with E-state index >= 15 is 0 Å². The van der Waals surface area contributed by atoms with Crippen molar-refractivity contribution < 1.29 is 9.84 Å². The summed E-state index contributed by atoms with van der Waals surface area (Å²) < 4.78 is 6.47. The summed E-state index contributed by atoms with van der Waals surface area (Å²) in [6.07, 6.45) is 8.35. The molecule has 0 radical (unpaired) electrons. The molecule has 2 N–H and O–H groups in total. The van der Waals surface area contributed by atoms with Gasteiger partial charge in [0.05, 0.1) is 28.5 Å². The highest BCUT2D eigenvalue weighted by Gasteiger charge is 2.41. The molecule has 160 valence electrons. The molecule has 2 fully saturated rings. The van der Waals surface area contributed by atoms with Gasteiger partial charge >= 0.3 is 0 Å². The maximum Gasteiger partial charge on any atom is 0.225 e. The largest absolute Gasteiger partial charge is 0.474 e. The lowest BCUT2D eigenvalue weighted by Crippen LogP contribution is -2.46. The number of aliphatic hydroxyl groups is 1. The van der Waals surface area contributed by atoms with Crippen molar-refractivity contribution in [2.24, 2.45) is 0 Å². The van der Waals surface area contributed by atoms with Crippen LogP contribution in [0, 0.1) is 11.3 Å². The second-order valence-corrected chi connectivity index (χ2v) is 9.15. The Labute approximate surface area is 184 Å². The van der Waals surface area contributed by atoms with Crippen LogP contribution in [-0.4, -0.2) is 49.7 Å². The molecule has 3 atom stereocenters. The number of nitrogens with one attached hydrogen (secondary N) is 1. The van der Waals surface area contributed by atoms with Crippen LogP contribution in [-0.2, 0) is 6.61 Å². The molecule has 3 aromatic rings. The summed E-state index contributed by atoms with van der Waals surface area (Å²) in [4.78, 5) is 16.8. The average Bonchev–Trinajstić information content (AvgIpc) is 3.33. The van der Waals surface area contributed by atoms with Crippen molar-refractivity contribution in [2.75, 3.05) is 11.9 Å². The lowest BCUT2D eigenvalue weighted by Gasteiger charge is -2.38. The number of aromatic nitrogens is 3. The van der Waals surface area contributed by atoms with Crippen molar-refractivity contribution in [2.45, 2.75) is 56.9 Å². The van der Waals surface area contributed by atoms with E-state index in [2.05, 4.69) is 26.3 Å². The Morgan fingerprint density at radius 1 is 1.29 bits per heavy atom. The minimum Gasteiger partial charge on any atom is -0.474 e. The quantitative estimate of drug-likeness (QED) is 0.578. The first-order valence-electron chi connectivity index (χ1n) is 10.6. The summed E-state index contributed by atoms with van der Waals surface area (Å²) in [7, 11) is 0. The Balaban J connectivity index is 1.37. The van der Waals surface area contributed by atoms with Gasteiger partial charge in [0.25, 0.3) is 0 Å². The molecule has 0 aliphatic carbocycles. The van der Waals surface area contributed by atoms with Crippen LogP contribution in [0.4, 0.5) is 10.9 Å². The monoisotopic (exact) mass is 436 g/mol. The van der Waals surface area contributed by atoms with Gasteiger partial charge in [0.2, 0.25) is 5.88 Å². The fourth-order valence-corrected chi connectivity index (χ4v) is 5.45. The van der Waals surface area contributed by atoms with E-state index in [-0.39, 0.29) is 12.7 Å². The zero-order valence-corrected chi connectivity index (χ0v) is 17.9. The zero-order chi connectivity index (χ0) is 21.2. The standard InChI is InChI=1S/C22H24N6O2S/c23-6-2-8-28-14-4-5-15(28)10-16(9-14)30-21-18-3-1-7-24-19(18)11-20(26-21)27-22-25-12-17(13-29)31-22/h1,3,7,11-12,14-16,29H,2,4-5,8-10,13H2,(H,25,26,27)/t14-,15+,16?. The lowest BCUT2D eigenvalue weighted by molar-refractivity contribution is 0.0494. The second-order valence-electron chi connectivity index (χ2n) is 8.04. The van der Waals surface area contributed by atoms with E-state index in [9.17, 15) is 5.11 Å². The molecule has 2 aliphatic rings. The summed E-state index contributed by atoms with van der Waals surface area (Å²) in [5.41, 5.74) is 0.809. The number of thiazole rings is 1. The fraction of sp³-hybridized carbons (Fsp3) is 0.455. The van der Waals surface area contributed by atoms with E-state index in [0.29, 0.717) is 35.3 Å². The number of rotatable bonds is 7. The van der Waals surface area contributed by atoms with Crippen LogP contribution >= 0.6 is 11.3 Å². The van der Waals surface area contributed by atoms with Gasteiger partial charge in [0, 0.05) is 43.5 Å². The third-order valence-corrected chi connectivity index (χ3v) is 7.01. The summed E-state index contributed by atoms with van der Waals surface area (Å²) in [6.45, 7) is 0.822. The molecule has 5 rings (SSSR count). The minimum atomic E-state index is -0.0319. The number of fused-ring (bicyclic) bond motifs is 3. The Morgan fingerprint density at radius 2 is 2.13 bits per heavy atom. The van der Waals surface area contributed by atoms with Gasteiger partial charge in [0.15, 0.2) is 5.13 Å². The molecule has 31 heavy (non-hydrogen) atoms. The van der Waals surface area contributed by atoms with Gasteiger partial charge in [-0.1, -0.05) is 11.3 Å². The molecule has 5 heterocycles. The van der Waals surface area contributed by atoms with E-state index in [1.54, 1.807) is 12.4 Å². The smallest absolute Gasteiger partial charge is 0.225 e. The Hall–Kier alpha value is -2.80. The number of ether oxygens (including phenoxy) is 1. The molecule has 0 amide bonds. The Morgan fingerprint density at radius 3 is 2.87 bits per heavy atom. The molecule has 9 heteroatoms. The summed E-state index contributed by atoms with van der Waals surface area (Å²) in [6, 6.07) is 9.00. The first-order valence-corrected chi connectivity index (χ1v) is 11.4. The van der Waals surface area contributed by atoms with Crippen molar-refractivity contribution in [1.82, 2.24) is 19.9 Å². The molecule has 2 aliphatic heterocycles. The predicted octanol–water partition coefficient (Wildman–Crippen LogP) is 3.61. The molecule has 2 bridgehead atoms. The van der Waals surface area contributed by atoms with Gasteiger partial charge in [-0.3, -0.25) is 9.88 Å². The molecular weight excluding hydrogens is 412 g/mol. The maximum atomic E-state index is 9.28. The number of anilines is 2. The molecule has 1 unspecified atom stereocenters. The third-order valence-electron chi connectivity index (χ3n) is 6.11. The van der Waals surface area contributed by atoms with Crippen molar-refractivity contribution in [3.63, 3.8) is 0 Å². The van der Waals surface area contributed by atoms with Crippen molar-refractivity contribution in [3.05, 3.63) is 35.5 Å². The van der Waals surface area contributed by atoms with Crippen LogP contribution in [0.15, 0.2) is 30.6 Å². The zero-order valence-electron chi connectivity index (χ0n) is 17.1. The van der Waals surface area contributed by atoms with E-state index in [4.69, 9.17) is 15.0 Å². The topological polar surface area (TPSA) is 107 Å². The van der Waals surface area contributed by atoms with Crippen molar-refractivity contribution >= 4 is 33.2 Å². The Bertz CT molecular complexity index is 1100. The number of hydrogen-bond donors (Lipinski definition) is 2. The van der Waals surface area contributed by atoms with Gasteiger partial charge in [-0.05, 0) is 37.8 Å². The van der Waals surface area contributed by atoms with Crippen LogP contribution in [0.1, 0.15) is 37.0 Å². The SMILES string of the molecule is N#CCCN1[C@@H]2CC[C@H]1CC(Oc1nc(Nc3ncc(CO)s3)cc3ncccc13)C2. The van der Waals surface area contributed by atoms with Gasteiger partial charge < -0.3 is 15.2 Å². The van der Waals surface area contributed by atoms with E-state index in [1.807, 2.05) is 18.2 Å². The highest BCUT2D eigenvalue weighted by atomic mass is 32.1. The number of aliphatic hydroxyl groups excluding tert-OH is 1. The molecule has 2 saturated heterocycles. The van der Waals surface area contributed by atoms with Crippen molar-refractivity contribution in [3.8, 4) is 11.9 Å². The molecular formula is C22H24N6O2S. The van der Waals surface area contributed by atoms with Gasteiger partial charge in [-0.25, -0.2) is 4.98 Å². The molecule has 8 nitrogen and oxygen atoms in total.